The van der Waals surface area contributed by atoms with Crippen molar-refractivity contribution in [2.24, 2.45) is 0 Å². The molecule has 0 radical (unpaired) electrons. The van der Waals surface area contributed by atoms with Crippen LogP contribution in [0.1, 0.15) is 0 Å². The Morgan fingerprint density at radius 3 is 3.09 bits per heavy atom. The first-order valence-corrected chi connectivity index (χ1v) is 4.14. The van der Waals surface area contributed by atoms with E-state index in [1.165, 1.54) is 6.07 Å². The lowest BCUT2D eigenvalue weighted by Gasteiger charge is -1.98. The van der Waals surface area contributed by atoms with E-state index in [0.717, 1.165) is 11.3 Å². The van der Waals surface area contributed by atoms with E-state index in [-0.39, 0.29) is 5.56 Å². The van der Waals surface area contributed by atoms with Crippen molar-refractivity contribution >= 4 is 11.3 Å². The Labute approximate surface area is 67.5 Å². The molecule has 0 saturated heterocycles. The predicted octanol–water partition coefficient (Wildman–Crippen LogP) is 1.61. The highest BCUT2D eigenvalue weighted by Gasteiger charge is 1.99. The third-order valence-corrected chi connectivity index (χ3v) is 2.11. The number of rotatable bonds is 0. The molecular weight excluding hydrogens is 158 g/mol. The molecule has 2 heterocycles. The van der Waals surface area contributed by atoms with E-state index >= 15 is 0 Å². The van der Waals surface area contributed by atoms with Crippen molar-refractivity contribution in [1.82, 2.24) is 4.98 Å². The first kappa shape index (κ1) is 6.49. The molecule has 0 aromatic heterocycles. The molecule has 2 aliphatic rings. The van der Waals surface area contributed by atoms with E-state index in [0.29, 0.717) is 0 Å². The van der Waals surface area contributed by atoms with Gasteiger partial charge in [-0.05, 0) is 17.5 Å². The van der Waals surface area contributed by atoms with Gasteiger partial charge in [0.25, 0.3) is 5.56 Å². The topological polar surface area (TPSA) is 30.0 Å². The average molecular weight is 163 g/mol. The van der Waals surface area contributed by atoms with Crippen LogP contribution in [-0.4, -0.2) is 4.98 Å². The zero-order valence-corrected chi connectivity index (χ0v) is 6.47. The van der Waals surface area contributed by atoms with Crippen LogP contribution < -0.4 is 5.56 Å². The van der Waals surface area contributed by atoms with Gasteiger partial charge >= 0.3 is 0 Å². The Hall–Kier alpha value is -1.22. The number of fused-ring (bicyclic) bond motifs is 1. The minimum atomic E-state index is -0.172. The van der Waals surface area contributed by atoms with Gasteiger partial charge in [-0.1, -0.05) is 0 Å². The molecule has 2 rings (SSSR count). The quantitative estimate of drug-likeness (QED) is 0.590. The normalized spacial score (nSPS) is 10.2. The number of hydrogen-bond donors (Lipinski definition) is 0. The van der Waals surface area contributed by atoms with Gasteiger partial charge in [-0.2, -0.15) is 11.3 Å². The van der Waals surface area contributed by atoms with Crippen molar-refractivity contribution < 1.29 is 0 Å². The van der Waals surface area contributed by atoms with Gasteiger partial charge in [0.1, 0.15) is 0 Å². The Morgan fingerprint density at radius 1 is 1.27 bits per heavy atom. The summed E-state index contributed by atoms with van der Waals surface area (Å²) in [4.78, 5) is 14.6. The summed E-state index contributed by atoms with van der Waals surface area (Å²) in [6.07, 6.45) is 0. The second-order valence-electron chi connectivity index (χ2n) is 2.18. The van der Waals surface area contributed by atoms with Gasteiger partial charge < -0.3 is 0 Å². The SMILES string of the molecule is O=c1ccc2csccc-2n1. The van der Waals surface area contributed by atoms with Crippen molar-refractivity contribution in [3.8, 4) is 11.3 Å². The monoisotopic (exact) mass is 163 g/mol. The molecule has 3 heteroatoms. The third-order valence-electron chi connectivity index (χ3n) is 1.43. The van der Waals surface area contributed by atoms with Crippen LogP contribution in [-0.2, 0) is 0 Å². The summed E-state index contributed by atoms with van der Waals surface area (Å²) in [5.74, 6) is 0. The lowest BCUT2D eigenvalue weighted by Crippen LogP contribution is -2.04. The Morgan fingerprint density at radius 2 is 2.18 bits per heavy atom. The fourth-order valence-electron chi connectivity index (χ4n) is 0.916. The van der Waals surface area contributed by atoms with Crippen LogP contribution in [0.3, 0.4) is 0 Å². The molecule has 2 aliphatic heterocycles. The summed E-state index contributed by atoms with van der Waals surface area (Å²) < 4.78 is 0. The van der Waals surface area contributed by atoms with Crippen LogP contribution in [0.4, 0.5) is 0 Å². The molecule has 0 aromatic rings. The van der Waals surface area contributed by atoms with Crippen LogP contribution in [0.15, 0.2) is 33.8 Å². The van der Waals surface area contributed by atoms with Gasteiger partial charge in [-0.25, -0.2) is 4.98 Å². The van der Waals surface area contributed by atoms with Crippen molar-refractivity contribution in [1.29, 1.82) is 0 Å². The molecule has 0 amide bonds. The molecule has 0 aliphatic carbocycles. The Kier molecular flexibility index (Phi) is 1.43. The number of pyridine rings is 1. The average Bonchev–Trinajstić information content (AvgIpc) is 2.04. The van der Waals surface area contributed by atoms with Gasteiger partial charge in [-0.15, -0.1) is 0 Å². The molecule has 0 atom stereocenters. The number of hydrogen-bond acceptors (Lipinski definition) is 3. The standard InChI is InChI=1S/C8H5NOS/c10-8-2-1-6-5-11-4-3-7(6)9-8/h1-5H. The lowest BCUT2D eigenvalue weighted by molar-refractivity contribution is 1.24. The maximum absolute atomic E-state index is 10.8. The molecular formula is C8H5NOS. The van der Waals surface area contributed by atoms with Crippen LogP contribution in [0, 0.1) is 0 Å². The van der Waals surface area contributed by atoms with Gasteiger partial charge in [0.2, 0.25) is 0 Å². The maximum Gasteiger partial charge on any atom is 0.270 e. The van der Waals surface area contributed by atoms with E-state index in [9.17, 15) is 4.79 Å². The first-order chi connectivity index (χ1) is 5.36. The molecule has 0 N–H and O–H groups in total. The number of nitrogens with zero attached hydrogens (tertiary/aromatic N) is 1. The Balaban J connectivity index is 2.84. The fourth-order valence-corrected chi connectivity index (χ4v) is 1.55. The minimum absolute atomic E-state index is 0.172. The van der Waals surface area contributed by atoms with Gasteiger partial charge in [0.05, 0.1) is 5.69 Å². The zero-order chi connectivity index (χ0) is 7.68. The summed E-state index contributed by atoms with van der Waals surface area (Å²) >= 11 is 1.60. The largest absolute Gasteiger partial charge is 0.270 e. The van der Waals surface area contributed by atoms with Crippen LogP contribution in [0.5, 0.6) is 0 Å². The predicted molar refractivity (Wildman–Crippen MR) is 45.0 cm³/mol. The highest BCUT2D eigenvalue weighted by Crippen LogP contribution is 2.17. The molecule has 54 valence electrons. The van der Waals surface area contributed by atoms with Crippen LogP contribution >= 0.6 is 11.3 Å². The first-order valence-electron chi connectivity index (χ1n) is 3.19. The second-order valence-corrected chi connectivity index (χ2v) is 2.96. The van der Waals surface area contributed by atoms with E-state index < -0.39 is 0 Å². The van der Waals surface area contributed by atoms with Crippen molar-refractivity contribution in [3.63, 3.8) is 0 Å². The van der Waals surface area contributed by atoms with Crippen LogP contribution in [0.2, 0.25) is 0 Å². The maximum atomic E-state index is 10.8. The molecule has 0 spiro atoms. The molecule has 0 saturated carbocycles. The van der Waals surface area contributed by atoms with Gasteiger partial charge in [0, 0.05) is 17.0 Å². The Bertz CT molecular complexity index is 396. The molecule has 0 unspecified atom stereocenters. The van der Waals surface area contributed by atoms with E-state index in [1.807, 2.05) is 16.8 Å². The summed E-state index contributed by atoms with van der Waals surface area (Å²) in [6.45, 7) is 0. The molecule has 2 nitrogen and oxygen atoms in total. The van der Waals surface area contributed by atoms with Crippen molar-refractivity contribution in [2.45, 2.75) is 0 Å². The van der Waals surface area contributed by atoms with Crippen molar-refractivity contribution in [2.75, 3.05) is 0 Å². The van der Waals surface area contributed by atoms with E-state index in [1.54, 1.807) is 17.4 Å². The highest BCUT2D eigenvalue weighted by atomic mass is 32.1. The highest BCUT2D eigenvalue weighted by molar-refractivity contribution is 7.07. The summed E-state index contributed by atoms with van der Waals surface area (Å²) in [5, 5.41) is 3.89. The van der Waals surface area contributed by atoms with Crippen LogP contribution in [0.25, 0.3) is 11.3 Å². The molecule has 0 bridgehead atoms. The third kappa shape index (κ3) is 1.14. The molecule has 0 fully saturated rings. The summed E-state index contributed by atoms with van der Waals surface area (Å²) in [6, 6.07) is 5.12. The minimum Gasteiger partial charge on any atom is -0.267 e. The molecule has 0 aromatic carbocycles. The summed E-state index contributed by atoms with van der Waals surface area (Å²) in [5.41, 5.74) is 1.63. The van der Waals surface area contributed by atoms with Crippen molar-refractivity contribution in [3.05, 3.63) is 39.3 Å². The number of aromatic nitrogens is 1. The van der Waals surface area contributed by atoms with Gasteiger partial charge in [-0.3, -0.25) is 4.79 Å². The van der Waals surface area contributed by atoms with E-state index in [4.69, 9.17) is 0 Å². The second kappa shape index (κ2) is 2.43. The smallest absolute Gasteiger partial charge is 0.267 e. The van der Waals surface area contributed by atoms with Gasteiger partial charge in [0.15, 0.2) is 0 Å². The lowest BCUT2D eigenvalue weighted by atomic mass is 10.2. The summed E-state index contributed by atoms with van der Waals surface area (Å²) in [7, 11) is 0. The van der Waals surface area contributed by atoms with E-state index in [2.05, 4.69) is 4.98 Å². The fraction of sp³-hybridized carbons (Fsp3) is 0. The zero-order valence-electron chi connectivity index (χ0n) is 5.65. The molecule has 11 heavy (non-hydrogen) atoms.